The number of methoxy groups -OCH3 is 2. The normalized spacial score (nSPS) is 9.88. The van der Waals surface area contributed by atoms with Gasteiger partial charge in [-0.3, -0.25) is 15.6 Å². The minimum atomic E-state index is -0.409. The van der Waals surface area contributed by atoms with Crippen molar-refractivity contribution in [1.29, 1.82) is 0 Å². The molecule has 25 heavy (non-hydrogen) atoms. The number of benzene rings is 2. The molecular formula is C17H18ClN3O3S. The molecule has 0 aliphatic heterocycles. The first-order valence-corrected chi connectivity index (χ1v) is 8.12. The zero-order valence-corrected chi connectivity index (χ0v) is 15.3. The summed E-state index contributed by atoms with van der Waals surface area (Å²) in [7, 11) is 3.10. The Bertz CT molecular complexity index is 753. The van der Waals surface area contributed by atoms with E-state index in [0.29, 0.717) is 22.9 Å². The lowest BCUT2D eigenvalue weighted by molar-refractivity contribution is 0.0940. The molecule has 0 spiro atoms. The fraction of sp³-hybridized carbons (Fsp3) is 0.176. The molecule has 0 atom stereocenters. The average Bonchev–Trinajstić information content (AvgIpc) is 2.64. The molecule has 0 saturated carbocycles. The Morgan fingerprint density at radius 2 is 1.80 bits per heavy atom. The number of hydrogen-bond acceptors (Lipinski definition) is 4. The number of thiocarbonyl (C=S) groups is 1. The van der Waals surface area contributed by atoms with Gasteiger partial charge < -0.3 is 14.8 Å². The highest BCUT2D eigenvalue weighted by Gasteiger charge is 2.13. The van der Waals surface area contributed by atoms with Crippen molar-refractivity contribution in [3.8, 4) is 11.5 Å². The minimum Gasteiger partial charge on any atom is -0.497 e. The van der Waals surface area contributed by atoms with Gasteiger partial charge in [0, 0.05) is 11.6 Å². The highest BCUT2D eigenvalue weighted by molar-refractivity contribution is 7.80. The molecule has 0 fully saturated rings. The first-order chi connectivity index (χ1) is 12.0. The maximum absolute atomic E-state index is 12.2. The second-order valence-electron chi connectivity index (χ2n) is 4.95. The molecule has 2 rings (SSSR count). The second kappa shape index (κ2) is 9.10. The van der Waals surface area contributed by atoms with E-state index in [1.807, 2.05) is 24.3 Å². The third-order valence-corrected chi connectivity index (χ3v) is 3.79. The van der Waals surface area contributed by atoms with E-state index in [2.05, 4.69) is 16.2 Å². The van der Waals surface area contributed by atoms with Crippen LogP contribution in [0.4, 0.5) is 0 Å². The molecule has 0 aromatic heterocycles. The zero-order valence-electron chi connectivity index (χ0n) is 13.8. The van der Waals surface area contributed by atoms with Crippen molar-refractivity contribution in [2.75, 3.05) is 14.2 Å². The molecule has 0 aliphatic rings. The summed E-state index contributed by atoms with van der Waals surface area (Å²) in [5.74, 6) is 0.793. The SMILES string of the molecule is COc1ccc(CNC(=S)NNC(=O)c2cc(Cl)ccc2OC)cc1. The van der Waals surface area contributed by atoms with E-state index in [1.165, 1.54) is 13.2 Å². The first-order valence-electron chi connectivity index (χ1n) is 7.34. The summed E-state index contributed by atoms with van der Waals surface area (Å²) >= 11 is 11.1. The van der Waals surface area contributed by atoms with Crippen LogP contribution in [0.15, 0.2) is 42.5 Å². The van der Waals surface area contributed by atoms with Crippen molar-refractivity contribution in [1.82, 2.24) is 16.2 Å². The molecule has 8 heteroatoms. The number of carbonyl (C=O) groups excluding carboxylic acids is 1. The van der Waals surface area contributed by atoms with Gasteiger partial charge in [-0.25, -0.2) is 0 Å². The van der Waals surface area contributed by atoms with E-state index in [-0.39, 0.29) is 5.11 Å². The van der Waals surface area contributed by atoms with Gasteiger partial charge in [-0.05, 0) is 48.1 Å². The van der Waals surface area contributed by atoms with Crippen molar-refractivity contribution >= 4 is 34.8 Å². The predicted octanol–water partition coefficient (Wildman–Crippen LogP) is 2.67. The molecule has 2 aromatic carbocycles. The monoisotopic (exact) mass is 379 g/mol. The zero-order chi connectivity index (χ0) is 18.2. The summed E-state index contributed by atoms with van der Waals surface area (Å²) < 4.78 is 10.2. The van der Waals surface area contributed by atoms with E-state index in [0.717, 1.165) is 11.3 Å². The van der Waals surface area contributed by atoms with Crippen LogP contribution < -0.4 is 25.6 Å². The molecule has 0 saturated heterocycles. The van der Waals surface area contributed by atoms with E-state index in [1.54, 1.807) is 19.2 Å². The maximum atomic E-state index is 12.2. The van der Waals surface area contributed by atoms with Gasteiger partial charge in [0.1, 0.15) is 11.5 Å². The van der Waals surface area contributed by atoms with Crippen LogP contribution in [0, 0.1) is 0 Å². The highest BCUT2D eigenvalue weighted by atomic mass is 35.5. The molecule has 132 valence electrons. The summed E-state index contributed by atoms with van der Waals surface area (Å²) in [5, 5.41) is 3.71. The number of amides is 1. The molecule has 0 aliphatic carbocycles. The number of ether oxygens (including phenoxy) is 2. The van der Waals surface area contributed by atoms with E-state index in [9.17, 15) is 4.79 Å². The third-order valence-electron chi connectivity index (χ3n) is 3.31. The number of rotatable bonds is 5. The first kappa shape index (κ1) is 18.8. The third kappa shape index (κ3) is 5.51. The van der Waals surface area contributed by atoms with Crippen LogP contribution in [0.2, 0.25) is 5.02 Å². The lowest BCUT2D eigenvalue weighted by Crippen LogP contribution is -2.46. The van der Waals surface area contributed by atoms with E-state index in [4.69, 9.17) is 33.3 Å². The van der Waals surface area contributed by atoms with Crippen molar-refractivity contribution < 1.29 is 14.3 Å². The van der Waals surface area contributed by atoms with Gasteiger partial charge in [-0.1, -0.05) is 23.7 Å². The second-order valence-corrected chi connectivity index (χ2v) is 5.80. The lowest BCUT2D eigenvalue weighted by Gasteiger charge is -2.13. The molecule has 0 radical (unpaired) electrons. The topological polar surface area (TPSA) is 71.6 Å². The van der Waals surface area contributed by atoms with Gasteiger partial charge in [0.25, 0.3) is 5.91 Å². The van der Waals surface area contributed by atoms with Crippen LogP contribution in [0.5, 0.6) is 11.5 Å². The highest BCUT2D eigenvalue weighted by Crippen LogP contribution is 2.22. The number of hydrogen-bond donors (Lipinski definition) is 3. The van der Waals surface area contributed by atoms with Gasteiger partial charge in [-0.2, -0.15) is 0 Å². The quantitative estimate of drug-likeness (QED) is 0.548. The van der Waals surface area contributed by atoms with E-state index >= 15 is 0 Å². The fourth-order valence-corrected chi connectivity index (χ4v) is 2.30. The Balaban J connectivity index is 1.85. The lowest BCUT2D eigenvalue weighted by atomic mass is 10.2. The number of hydrazine groups is 1. The molecular weight excluding hydrogens is 362 g/mol. The standard InChI is InChI=1S/C17H18ClN3O3S/c1-23-13-6-3-11(4-7-13)10-19-17(25)21-20-16(22)14-9-12(18)5-8-15(14)24-2/h3-9H,10H2,1-2H3,(H,20,22)(H2,19,21,25). The summed E-state index contributed by atoms with van der Waals surface area (Å²) in [6.45, 7) is 0.506. The summed E-state index contributed by atoms with van der Waals surface area (Å²) in [5.41, 5.74) is 6.47. The maximum Gasteiger partial charge on any atom is 0.273 e. The van der Waals surface area contributed by atoms with Crippen LogP contribution >= 0.6 is 23.8 Å². The van der Waals surface area contributed by atoms with Crippen LogP contribution in [0.1, 0.15) is 15.9 Å². The summed E-state index contributed by atoms with van der Waals surface area (Å²) in [6.07, 6.45) is 0. The molecule has 3 N–H and O–H groups in total. The van der Waals surface area contributed by atoms with Crippen LogP contribution in [-0.4, -0.2) is 25.2 Å². The number of nitrogens with one attached hydrogen (secondary N) is 3. The molecule has 2 aromatic rings. The van der Waals surface area contributed by atoms with Crippen molar-refractivity contribution in [3.63, 3.8) is 0 Å². The molecule has 0 heterocycles. The Morgan fingerprint density at radius 3 is 2.44 bits per heavy atom. The Kier molecular flexibility index (Phi) is 6.85. The summed E-state index contributed by atoms with van der Waals surface area (Å²) in [4.78, 5) is 12.2. The molecule has 0 unspecified atom stereocenters. The molecule has 0 bridgehead atoms. The van der Waals surface area contributed by atoms with Crippen molar-refractivity contribution in [2.24, 2.45) is 0 Å². The molecule has 1 amide bonds. The predicted molar refractivity (Wildman–Crippen MR) is 101 cm³/mol. The Hall–Kier alpha value is -2.51. The van der Waals surface area contributed by atoms with Crippen molar-refractivity contribution in [2.45, 2.75) is 6.54 Å². The molecule has 6 nitrogen and oxygen atoms in total. The Labute approximate surface area is 156 Å². The van der Waals surface area contributed by atoms with Crippen molar-refractivity contribution in [3.05, 3.63) is 58.6 Å². The Morgan fingerprint density at radius 1 is 1.08 bits per heavy atom. The number of carbonyl (C=O) groups is 1. The van der Waals surface area contributed by atoms with Gasteiger partial charge in [0.2, 0.25) is 0 Å². The average molecular weight is 380 g/mol. The fourth-order valence-electron chi connectivity index (χ4n) is 2.01. The van der Waals surface area contributed by atoms with Crippen LogP contribution in [0.25, 0.3) is 0 Å². The van der Waals surface area contributed by atoms with Gasteiger partial charge in [0.15, 0.2) is 5.11 Å². The summed E-state index contributed by atoms with van der Waals surface area (Å²) in [6, 6.07) is 12.4. The van der Waals surface area contributed by atoms with Gasteiger partial charge >= 0.3 is 0 Å². The minimum absolute atomic E-state index is 0.283. The van der Waals surface area contributed by atoms with Gasteiger partial charge in [0.05, 0.1) is 19.8 Å². The van der Waals surface area contributed by atoms with E-state index < -0.39 is 5.91 Å². The number of halogens is 1. The van der Waals surface area contributed by atoms with Gasteiger partial charge in [-0.15, -0.1) is 0 Å². The largest absolute Gasteiger partial charge is 0.497 e. The van der Waals surface area contributed by atoms with Crippen LogP contribution in [-0.2, 0) is 6.54 Å². The smallest absolute Gasteiger partial charge is 0.273 e. The van der Waals surface area contributed by atoms with Crippen LogP contribution in [0.3, 0.4) is 0 Å².